The van der Waals surface area contributed by atoms with E-state index in [2.05, 4.69) is 20.9 Å². The van der Waals surface area contributed by atoms with E-state index in [4.69, 9.17) is 9.72 Å². The van der Waals surface area contributed by atoms with Gasteiger partial charge in [0, 0.05) is 37.8 Å². The van der Waals surface area contributed by atoms with Crippen LogP contribution in [0.25, 0.3) is 32.9 Å². The molecule has 2 aromatic heterocycles. The molecular formula is C34H35F3N6O2. The second kappa shape index (κ2) is 11.6. The van der Waals surface area contributed by atoms with Crippen LogP contribution < -0.4 is 9.64 Å². The number of hydrogen-bond donors (Lipinski definition) is 1. The minimum Gasteiger partial charge on any atom is -0.508 e. The SMILES string of the molecule is CCc1c(F)ccc2cc(O)cc(-c3ncc4c(N5CCCCC(C#N)C5)nc(OC[C@@]56CCCN5C[C@H](F)C6)nc4c3F)c12. The molecule has 45 heavy (non-hydrogen) atoms. The van der Waals surface area contributed by atoms with Crippen LogP contribution in [0.1, 0.15) is 51.0 Å². The van der Waals surface area contributed by atoms with Crippen LogP contribution in [0.3, 0.4) is 0 Å². The molecule has 3 aliphatic heterocycles. The number of aromatic hydroxyl groups is 1. The van der Waals surface area contributed by atoms with Crippen LogP contribution >= 0.6 is 0 Å². The molecule has 0 amide bonds. The highest BCUT2D eigenvalue weighted by atomic mass is 19.1. The lowest BCUT2D eigenvalue weighted by molar-refractivity contribution is 0.107. The van der Waals surface area contributed by atoms with Crippen LogP contribution in [0.5, 0.6) is 11.8 Å². The van der Waals surface area contributed by atoms with E-state index in [1.807, 2.05) is 11.8 Å². The van der Waals surface area contributed by atoms with Crippen molar-refractivity contribution < 1.29 is 23.0 Å². The number of halogens is 3. The number of nitriles is 1. The first-order valence-corrected chi connectivity index (χ1v) is 15.8. The van der Waals surface area contributed by atoms with Crippen molar-refractivity contribution in [2.75, 3.05) is 37.7 Å². The molecule has 1 unspecified atom stereocenters. The fourth-order valence-electron chi connectivity index (χ4n) is 7.63. The van der Waals surface area contributed by atoms with E-state index in [1.165, 1.54) is 24.4 Å². The maximum absolute atomic E-state index is 16.8. The van der Waals surface area contributed by atoms with Crippen molar-refractivity contribution >= 4 is 27.5 Å². The summed E-state index contributed by atoms with van der Waals surface area (Å²) in [7, 11) is 0. The summed E-state index contributed by atoms with van der Waals surface area (Å²) in [6, 6.07) is 8.15. The number of hydrogen-bond acceptors (Lipinski definition) is 8. The lowest BCUT2D eigenvalue weighted by Gasteiger charge is -2.31. The average molecular weight is 617 g/mol. The van der Waals surface area contributed by atoms with Crippen molar-refractivity contribution in [1.82, 2.24) is 19.9 Å². The maximum atomic E-state index is 16.8. The van der Waals surface area contributed by atoms with Gasteiger partial charge in [0.25, 0.3) is 0 Å². The molecule has 234 valence electrons. The van der Waals surface area contributed by atoms with Gasteiger partial charge in [0.1, 0.15) is 41.4 Å². The van der Waals surface area contributed by atoms with E-state index in [9.17, 15) is 19.1 Å². The first-order chi connectivity index (χ1) is 21.8. The number of phenols is 1. The van der Waals surface area contributed by atoms with Crippen molar-refractivity contribution in [1.29, 1.82) is 5.26 Å². The second-order valence-corrected chi connectivity index (χ2v) is 12.6. The minimum absolute atomic E-state index is 0.0285. The van der Waals surface area contributed by atoms with Crippen LogP contribution in [-0.2, 0) is 6.42 Å². The van der Waals surface area contributed by atoms with Crippen LogP contribution in [0.4, 0.5) is 19.0 Å². The average Bonchev–Trinajstić information content (AvgIpc) is 3.44. The molecule has 3 aliphatic rings. The fraction of sp³-hybridized carbons (Fsp3) is 0.471. The summed E-state index contributed by atoms with van der Waals surface area (Å²) < 4.78 is 52.4. The molecule has 3 saturated heterocycles. The van der Waals surface area contributed by atoms with E-state index in [0.29, 0.717) is 60.0 Å². The van der Waals surface area contributed by atoms with Crippen molar-refractivity contribution in [2.45, 2.75) is 63.6 Å². The molecule has 3 atom stereocenters. The monoisotopic (exact) mass is 616 g/mol. The Morgan fingerprint density at radius 1 is 1.13 bits per heavy atom. The molecular weight excluding hydrogens is 581 g/mol. The molecule has 11 heteroatoms. The highest BCUT2D eigenvalue weighted by molar-refractivity contribution is 6.01. The molecule has 5 heterocycles. The quantitative estimate of drug-likeness (QED) is 0.263. The smallest absolute Gasteiger partial charge is 0.319 e. The zero-order chi connectivity index (χ0) is 31.3. The lowest BCUT2D eigenvalue weighted by Crippen LogP contribution is -2.43. The molecule has 3 fully saturated rings. The summed E-state index contributed by atoms with van der Waals surface area (Å²) in [6.07, 6.45) is 5.54. The number of nitrogens with zero attached hydrogens (tertiary/aromatic N) is 6. The Bertz CT molecular complexity index is 1830. The Morgan fingerprint density at radius 3 is 2.82 bits per heavy atom. The zero-order valence-corrected chi connectivity index (χ0v) is 25.2. The van der Waals surface area contributed by atoms with Crippen molar-refractivity contribution in [2.24, 2.45) is 5.92 Å². The van der Waals surface area contributed by atoms with E-state index in [-0.39, 0.29) is 41.1 Å². The van der Waals surface area contributed by atoms with Crippen LogP contribution in [0, 0.1) is 28.9 Å². The van der Waals surface area contributed by atoms with Crippen molar-refractivity contribution in [3.63, 3.8) is 0 Å². The molecule has 1 N–H and O–H groups in total. The molecule has 0 bridgehead atoms. The first kappa shape index (κ1) is 29.5. The predicted molar refractivity (Wildman–Crippen MR) is 165 cm³/mol. The number of benzene rings is 2. The van der Waals surface area contributed by atoms with Gasteiger partial charge in [0.2, 0.25) is 0 Å². The van der Waals surface area contributed by atoms with Crippen LogP contribution in [-0.4, -0.2) is 69.5 Å². The highest BCUT2D eigenvalue weighted by Crippen LogP contribution is 2.42. The molecule has 0 spiro atoms. The molecule has 2 aromatic carbocycles. The molecule has 7 rings (SSSR count). The first-order valence-electron chi connectivity index (χ1n) is 15.8. The van der Waals surface area contributed by atoms with Crippen molar-refractivity contribution in [3.8, 4) is 29.1 Å². The number of anilines is 1. The van der Waals surface area contributed by atoms with Gasteiger partial charge in [-0.3, -0.25) is 9.88 Å². The third-order valence-electron chi connectivity index (χ3n) is 9.79. The Kier molecular flexibility index (Phi) is 7.64. The number of rotatable bonds is 6. The van der Waals surface area contributed by atoms with Gasteiger partial charge in [0.15, 0.2) is 5.82 Å². The van der Waals surface area contributed by atoms with E-state index >= 15 is 4.39 Å². The Morgan fingerprint density at radius 2 is 2.00 bits per heavy atom. The summed E-state index contributed by atoms with van der Waals surface area (Å²) in [5.74, 6) is -1.07. The topological polar surface area (TPSA) is 98.4 Å². The summed E-state index contributed by atoms with van der Waals surface area (Å²) in [5.41, 5.74) is 0.0886. The lowest BCUT2D eigenvalue weighted by atomic mass is 9.94. The van der Waals surface area contributed by atoms with Gasteiger partial charge in [-0.2, -0.15) is 15.2 Å². The number of pyridine rings is 1. The Hall–Kier alpha value is -4.17. The van der Waals surface area contributed by atoms with Gasteiger partial charge in [-0.15, -0.1) is 0 Å². The van der Waals surface area contributed by atoms with Crippen molar-refractivity contribution in [3.05, 3.63) is 47.7 Å². The number of aryl methyl sites for hydroxylation is 1. The van der Waals surface area contributed by atoms with Crippen LogP contribution in [0.15, 0.2) is 30.5 Å². The third-order valence-corrected chi connectivity index (χ3v) is 9.79. The zero-order valence-electron chi connectivity index (χ0n) is 25.2. The van der Waals surface area contributed by atoms with E-state index in [0.717, 1.165) is 38.6 Å². The van der Waals surface area contributed by atoms with E-state index in [1.54, 1.807) is 6.07 Å². The molecule has 0 saturated carbocycles. The summed E-state index contributed by atoms with van der Waals surface area (Å²) in [4.78, 5) is 17.9. The Balaban J connectivity index is 1.38. The van der Waals surface area contributed by atoms with Gasteiger partial charge < -0.3 is 14.7 Å². The van der Waals surface area contributed by atoms with Crippen LogP contribution in [0.2, 0.25) is 0 Å². The van der Waals surface area contributed by atoms with Gasteiger partial charge in [-0.1, -0.05) is 19.4 Å². The number of phenolic OH excluding ortho intramolecular Hbond substituents is 1. The van der Waals surface area contributed by atoms with Gasteiger partial charge in [0.05, 0.1) is 22.9 Å². The maximum Gasteiger partial charge on any atom is 0.319 e. The molecule has 0 aliphatic carbocycles. The van der Waals surface area contributed by atoms with E-state index < -0.39 is 23.3 Å². The Labute approximate surface area is 259 Å². The summed E-state index contributed by atoms with van der Waals surface area (Å²) in [5, 5.41) is 21.7. The number of aromatic nitrogens is 3. The normalized spacial score (nSPS) is 23.8. The molecule has 0 radical (unpaired) electrons. The van der Waals surface area contributed by atoms with Gasteiger partial charge >= 0.3 is 6.01 Å². The molecule has 4 aromatic rings. The van der Waals surface area contributed by atoms with Gasteiger partial charge in [-0.25, -0.2) is 13.2 Å². The summed E-state index contributed by atoms with van der Waals surface area (Å²) >= 11 is 0. The van der Waals surface area contributed by atoms with Gasteiger partial charge in [-0.05, 0) is 73.2 Å². The number of alkyl halides is 1. The fourth-order valence-corrected chi connectivity index (χ4v) is 7.63. The highest BCUT2D eigenvalue weighted by Gasteiger charge is 2.49. The summed E-state index contributed by atoms with van der Waals surface area (Å²) in [6.45, 7) is 4.21. The molecule has 8 nitrogen and oxygen atoms in total. The number of fused-ring (bicyclic) bond motifs is 3. The third kappa shape index (κ3) is 5.19. The standard InChI is InChI=1S/C34H35F3N6O2/c1-2-24-27(36)8-7-21-12-23(44)13-25(28(21)24)30-29(37)31-26(16-39-30)32(42-10-4-3-6-20(15-38)17-42)41-33(40-31)45-19-34-9-5-11-43(34)18-22(35)14-34/h7-8,12-13,16,20,22,44H,2-6,9-11,14,17-19H2,1H3/t20?,22-,34+/m1/s1. The second-order valence-electron chi connectivity index (χ2n) is 12.6. The predicted octanol–water partition coefficient (Wildman–Crippen LogP) is 6.48. The largest absolute Gasteiger partial charge is 0.508 e. The minimum atomic E-state index is -0.928. The number of ether oxygens (including phenoxy) is 1.